The summed E-state index contributed by atoms with van der Waals surface area (Å²) in [5.74, 6) is -0.643. The second-order valence-electron chi connectivity index (χ2n) is 6.27. The average molecular weight is 407 g/mol. The van der Waals surface area contributed by atoms with Gasteiger partial charge in [0.05, 0.1) is 10.6 Å². The molecule has 0 unspecified atom stereocenters. The molecular formula is C19H19ClN2O4S. The molecule has 2 aromatic rings. The fourth-order valence-corrected chi connectivity index (χ4v) is 4.25. The smallest absolute Gasteiger partial charge is 0.227 e. The van der Waals surface area contributed by atoms with Gasteiger partial charge in [0.15, 0.2) is 9.84 Å². The number of hydrogen-bond acceptors (Lipinski definition) is 4. The summed E-state index contributed by atoms with van der Waals surface area (Å²) in [6.07, 6.45) is 1.18. The van der Waals surface area contributed by atoms with Crippen molar-refractivity contribution in [1.82, 2.24) is 0 Å². The zero-order valence-electron chi connectivity index (χ0n) is 14.5. The highest BCUT2D eigenvalue weighted by molar-refractivity contribution is 7.91. The summed E-state index contributed by atoms with van der Waals surface area (Å²) in [5, 5.41) is 3.14. The van der Waals surface area contributed by atoms with Gasteiger partial charge >= 0.3 is 0 Å². The zero-order valence-corrected chi connectivity index (χ0v) is 16.1. The standard InChI is InChI=1S/C19H19ClN2O4S/c20-14-6-8-17(9-7-14)27(25,26)12-10-18(23)21-15-3-1-4-16(13-15)22-11-2-5-19(22)24/h1,3-4,6-9,13H,2,5,10-12H2,(H,21,23). The summed E-state index contributed by atoms with van der Waals surface area (Å²) in [6.45, 7) is 0.662. The van der Waals surface area contributed by atoms with Crippen LogP contribution in [0.5, 0.6) is 0 Å². The fourth-order valence-electron chi connectivity index (χ4n) is 2.88. The van der Waals surface area contributed by atoms with Crippen LogP contribution in [0.25, 0.3) is 0 Å². The van der Waals surface area contributed by atoms with Crippen LogP contribution >= 0.6 is 11.6 Å². The number of halogens is 1. The molecule has 0 atom stereocenters. The van der Waals surface area contributed by atoms with E-state index in [9.17, 15) is 18.0 Å². The topological polar surface area (TPSA) is 83.6 Å². The molecule has 6 nitrogen and oxygen atoms in total. The molecule has 0 saturated carbocycles. The summed E-state index contributed by atoms with van der Waals surface area (Å²) in [7, 11) is -3.57. The Kier molecular flexibility index (Phi) is 5.82. The van der Waals surface area contributed by atoms with Crippen molar-refractivity contribution in [1.29, 1.82) is 0 Å². The predicted octanol–water partition coefficient (Wildman–Crippen LogP) is 3.27. The molecule has 142 valence electrons. The number of hydrogen-bond donors (Lipinski definition) is 1. The molecule has 0 aliphatic carbocycles. The number of benzene rings is 2. The molecule has 2 aromatic carbocycles. The second kappa shape index (κ2) is 8.10. The first-order valence-electron chi connectivity index (χ1n) is 8.54. The van der Waals surface area contributed by atoms with E-state index in [1.165, 1.54) is 24.3 Å². The van der Waals surface area contributed by atoms with E-state index in [1.807, 2.05) is 6.07 Å². The zero-order chi connectivity index (χ0) is 19.4. The maximum absolute atomic E-state index is 12.3. The molecule has 3 rings (SSSR count). The van der Waals surface area contributed by atoms with Crippen molar-refractivity contribution in [3.05, 3.63) is 53.6 Å². The molecule has 1 N–H and O–H groups in total. The molecule has 0 bridgehead atoms. The third-order valence-corrected chi connectivity index (χ3v) is 6.27. The first-order valence-corrected chi connectivity index (χ1v) is 10.6. The lowest BCUT2D eigenvalue weighted by Gasteiger charge is -2.16. The number of rotatable bonds is 6. The average Bonchev–Trinajstić information content (AvgIpc) is 3.07. The number of nitrogens with one attached hydrogen (secondary N) is 1. The van der Waals surface area contributed by atoms with Crippen molar-refractivity contribution in [3.8, 4) is 0 Å². The third kappa shape index (κ3) is 4.87. The van der Waals surface area contributed by atoms with Crippen molar-refractivity contribution < 1.29 is 18.0 Å². The number of anilines is 2. The molecule has 2 amide bonds. The number of sulfone groups is 1. The number of carbonyl (C=O) groups excluding carboxylic acids is 2. The molecule has 1 saturated heterocycles. The van der Waals surface area contributed by atoms with Crippen LogP contribution in [-0.4, -0.2) is 32.5 Å². The Morgan fingerprint density at radius 3 is 2.56 bits per heavy atom. The summed E-state index contributed by atoms with van der Waals surface area (Å²) in [5.41, 5.74) is 1.25. The third-order valence-electron chi connectivity index (χ3n) is 4.29. The van der Waals surface area contributed by atoms with E-state index in [0.29, 0.717) is 23.7 Å². The number of amides is 2. The van der Waals surface area contributed by atoms with Gasteiger partial charge in [0, 0.05) is 35.8 Å². The normalized spacial score (nSPS) is 14.4. The Morgan fingerprint density at radius 1 is 1.15 bits per heavy atom. The lowest BCUT2D eigenvalue weighted by Crippen LogP contribution is -2.24. The summed E-state index contributed by atoms with van der Waals surface area (Å²) in [6, 6.07) is 12.8. The Labute approximate surface area is 163 Å². The Balaban J connectivity index is 1.61. The Morgan fingerprint density at radius 2 is 1.89 bits per heavy atom. The van der Waals surface area contributed by atoms with Gasteiger partial charge in [-0.15, -0.1) is 0 Å². The molecular weight excluding hydrogens is 388 g/mol. The van der Waals surface area contributed by atoms with Crippen molar-refractivity contribution >= 4 is 44.6 Å². The van der Waals surface area contributed by atoms with Gasteiger partial charge in [-0.2, -0.15) is 0 Å². The van der Waals surface area contributed by atoms with Gasteiger partial charge in [0.1, 0.15) is 0 Å². The highest BCUT2D eigenvalue weighted by atomic mass is 35.5. The SMILES string of the molecule is O=C(CCS(=O)(=O)c1ccc(Cl)cc1)Nc1cccc(N2CCCC2=O)c1. The first-order chi connectivity index (χ1) is 12.8. The van der Waals surface area contributed by atoms with Crippen LogP contribution in [-0.2, 0) is 19.4 Å². The Bertz CT molecular complexity index is 958. The highest BCUT2D eigenvalue weighted by Gasteiger charge is 2.22. The van der Waals surface area contributed by atoms with Gasteiger partial charge in [0.25, 0.3) is 0 Å². The number of carbonyl (C=O) groups is 2. The quantitative estimate of drug-likeness (QED) is 0.797. The van der Waals surface area contributed by atoms with Gasteiger partial charge in [0.2, 0.25) is 11.8 Å². The van der Waals surface area contributed by atoms with Crippen LogP contribution in [0.15, 0.2) is 53.4 Å². The highest BCUT2D eigenvalue weighted by Crippen LogP contribution is 2.24. The summed E-state index contributed by atoms with van der Waals surface area (Å²) < 4.78 is 24.6. The summed E-state index contributed by atoms with van der Waals surface area (Å²) in [4.78, 5) is 25.8. The van der Waals surface area contributed by atoms with Crippen molar-refractivity contribution in [2.45, 2.75) is 24.2 Å². The molecule has 1 heterocycles. The molecule has 1 aliphatic heterocycles. The lowest BCUT2D eigenvalue weighted by atomic mass is 10.2. The molecule has 0 radical (unpaired) electrons. The van der Waals surface area contributed by atoms with E-state index in [0.717, 1.165) is 12.1 Å². The van der Waals surface area contributed by atoms with Crippen LogP contribution in [0.1, 0.15) is 19.3 Å². The molecule has 27 heavy (non-hydrogen) atoms. The van der Waals surface area contributed by atoms with E-state index in [1.54, 1.807) is 23.1 Å². The maximum Gasteiger partial charge on any atom is 0.227 e. The van der Waals surface area contributed by atoms with E-state index in [2.05, 4.69) is 5.32 Å². The predicted molar refractivity (Wildman–Crippen MR) is 105 cm³/mol. The second-order valence-corrected chi connectivity index (χ2v) is 8.82. The molecule has 0 spiro atoms. The van der Waals surface area contributed by atoms with Crippen molar-refractivity contribution in [2.75, 3.05) is 22.5 Å². The fraction of sp³-hybridized carbons (Fsp3) is 0.263. The van der Waals surface area contributed by atoms with E-state index in [-0.39, 0.29) is 23.0 Å². The van der Waals surface area contributed by atoms with Crippen LogP contribution in [0, 0.1) is 0 Å². The monoisotopic (exact) mass is 406 g/mol. The number of nitrogens with zero attached hydrogens (tertiary/aromatic N) is 1. The minimum absolute atomic E-state index is 0.0625. The molecule has 1 fully saturated rings. The van der Waals surface area contributed by atoms with Gasteiger partial charge in [-0.05, 0) is 48.9 Å². The first kappa shape index (κ1) is 19.4. The molecule has 0 aromatic heterocycles. The van der Waals surface area contributed by atoms with Gasteiger partial charge in [-0.3, -0.25) is 9.59 Å². The molecule has 8 heteroatoms. The summed E-state index contributed by atoms with van der Waals surface area (Å²) >= 11 is 5.76. The van der Waals surface area contributed by atoms with E-state index < -0.39 is 15.7 Å². The van der Waals surface area contributed by atoms with Crippen LogP contribution in [0.4, 0.5) is 11.4 Å². The van der Waals surface area contributed by atoms with Crippen molar-refractivity contribution in [3.63, 3.8) is 0 Å². The van der Waals surface area contributed by atoms with E-state index >= 15 is 0 Å². The van der Waals surface area contributed by atoms with Gasteiger partial charge in [-0.25, -0.2) is 8.42 Å². The van der Waals surface area contributed by atoms with Gasteiger partial charge < -0.3 is 10.2 Å². The van der Waals surface area contributed by atoms with Crippen LogP contribution in [0.3, 0.4) is 0 Å². The van der Waals surface area contributed by atoms with Crippen molar-refractivity contribution in [2.24, 2.45) is 0 Å². The van der Waals surface area contributed by atoms with Crippen LogP contribution in [0.2, 0.25) is 5.02 Å². The van der Waals surface area contributed by atoms with Crippen LogP contribution < -0.4 is 10.2 Å². The van der Waals surface area contributed by atoms with E-state index in [4.69, 9.17) is 11.6 Å². The Hall–Kier alpha value is -2.38. The minimum Gasteiger partial charge on any atom is -0.326 e. The molecule has 1 aliphatic rings. The maximum atomic E-state index is 12.3. The minimum atomic E-state index is -3.57. The largest absolute Gasteiger partial charge is 0.326 e. The lowest BCUT2D eigenvalue weighted by molar-refractivity contribution is -0.117. The van der Waals surface area contributed by atoms with Gasteiger partial charge in [-0.1, -0.05) is 17.7 Å².